The quantitative estimate of drug-likeness (QED) is 0.550. The highest BCUT2D eigenvalue weighted by atomic mass is 16.7. The molecule has 2 aliphatic rings. The fourth-order valence-electron chi connectivity index (χ4n) is 4.44. The van der Waals surface area contributed by atoms with E-state index >= 15 is 0 Å². The molecule has 1 saturated heterocycles. The zero-order valence-electron chi connectivity index (χ0n) is 19.0. The summed E-state index contributed by atoms with van der Waals surface area (Å²) in [7, 11) is 0. The monoisotopic (exact) mass is 446 g/mol. The molecule has 5 nitrogen and oxygen atoms in total. The van der Waals surface area contributed by atoms with Crippen LogP contribution in [0.25, 0.3) is 5.57 Å². The number of ether oxygens (including phenoxy) is 3. The molecule has 0 aromatic heterocycles. The number of hydrogen-bond acceptors (Lipinski definition) is 4. The van der Waals surface area contributed by atoms with Crippen LogP contribution < -0.4 is 4.74 Å². The third-order valence-corrected chi connectivity index (χ3v) is 6.17. The molecule has 1 heterocycles. The Balaban J connectivity index is 1.35. The summed E-state index contributed by atoms with van der Waals surface area (Å²) >= 11 is 0. The van der Waals surface area contributed by atoms with E-state index in [1.165, 1.54) is 11.1 Å². The van der Waals surface area contributed by atoms with E-state index in [1.807, 2.05) is 24.3 Å². The molecular formula is C28H30O5. The van der Waals surface area contributed by atoms with Gasteiger partial charge >= 0.3 is 5.97 Å². The molecule has 172 valence electrons. The Morgan fingerprint density at radius 2 is 1.97 bits per heavy atom. The first-order chi connectivity index (χ1) is 16.1. The van der Waals surface area contributed by atoms with Gasteiger partial charge < -0.3 is 19.3 Å². The third kappa shape index (κ3) is 6.25. The van der Waals surface area contributed by atoms with E-state index in [0.29, 0.717) is 25.7 Å². The van der Waals surface area contributed by atoms with Crippen LogP contribution in [0.1, 0.15) is 55.2 Å². The van der Waals surface area contributed by atoms with Crippen molar-refractivity contribution in [3.63, 3.8) is 0 Å². The molecule has 1 aliphatic carbocycles. The van der Waals surface area contributed by atoms with Crippen molar-refractivity contribution in [2.75, 3.05) is 13.2 Å². The molecule has 33 heavy (non-hydrogen) atoms. The molecule has 2 aromatic rings. The molecule has 1 unspecified atom stereocenters. The van der Waals surface area contributed by atoms with E-state index in [-0.39, 0.29) is 18.6 Å². The van der Waals surface area contributed by atoms with Gasteiger partial charge in [-0.3, -0.25) is 4.79 Å². The summed E-state index contributed by atoms with van der Waals surface area (Å²) in [5, 5.41) is 9.11. The first-order valence-electron chi connectivity index (χ1n) is 11.5. The molecule has 0 saturated carbocycles. The minimum Gasteiger partial charge on any atom is -0.489 e. The number of rotatable bonds is 8. The molecule has 2 aromatic carbocycles. The smallest absolute Gasteiger partial charge is 0.304 e. The van der Waals surface area contributed by atoms with Crippen LogP contribution >= 0.6 is 0 Å². The van der Waals surface area contributed by atoms with Gasteiger partial charge in [-0.05, 0) is 66.6 Å². The molecule has 0 bridgehead atoms. The van der Waals surface area contributed by atoms with Crippen LogP contribution in [0.3, 0.4) is 0 Å². The van der Waals surface area contributed by atoms with Gasteiger partial charge in [0.15, 0.2) is 6.29 Å². The Kier molecular flexibility index (Phi) is 7.83. The van der Waals surface area contributed by atoms with Crippen molar-refractivity contribution in [2.45, 2.75) is 51.4 Å². The van der Waals surface area contributed by atoms with E-state index in [9.17, 15) is 4.79 Å². The summed E-state index contributed by atoms with van der Waals surface area (Å²) in [5.74, 6) is 5.82. The maximum Gasteiger partial charge on any atom is 0.304 e. The fourth-order valence-corrected chi connectivity index (χ4v) is 4.44. The molecule has 0 radical (unpaired) electrons. The van der Waals surface area contributed by atoms with Gasteiger partial charge in [0.1, 0.15) is 12.4 Å². The first-order valence-corrected chi connectivity index (χ1v) is 11.5. The lowest BCUT2D eigenvalue weighted by atomic mass is 9.86. The normalized spacial score (nSPS) is 19.3. The van der Waals surface area contributed by atoms with Crippen molar-refractivity contribution in [1.29, 1.82) is 0 Å². The van der Waals surface area contributed by atoms with E-state index < -0.39 is 5.97 Å². The standard InChI is InChI=1S/C28H30O5/c1-2-4-24(18-27(29)30)22-11-13-26(14-12-22)33-19-20-5-3-6-25(17-20)21-7-9-23(10-8-21)28-31-15-16-32-28/h3,5-7,11-14,17,23-24,28H,8-10,15-16,18-19H2,1H3,(H,29,30)/t23?,24-/m1/s1. The van der Waals surface area contributed by atoms with Crippen LogP contribution in [0.15, 0.2) is 54.6 Å². The second-order valence-electron chi connectivity index (χ2n) is 8.48. The lowest BCUT2D eigenvalue weighted by molar-refractivity contribution is -0.137. The minimum atomic E-state index is -0.855. The fraction of sp³-hybridized carbons (Fsp3) is 0.393. The van der Waals surface area contributed by atoms with Crippen molar-refractivity contribution in [3.05, 3.63) is 71.3 Å². The van der Waals surface area contributed by atoms with Crippen LogP contribution in [0.4, 0.5) is 0 Å². The number of allylic oxidation sites excluding steroid dienone is 2. The topological polar surface area (TPSA) is 65.0 Å². The highest BCUT2D eigenvalue weighted by Crippen LogP contribution is 2.34. The van der Waals surface area contributed by atoms with Crippen LogP contribution in [-0.2, 0) is 20.9 Å². The van der Waals surface area contributed by atoms with E-state index in [1.54, 1.807) is 6.92 Å². The Labute approximate surface area is 195 Å². The summed E-state index contributed by atoms with van der Waals surface area (Å²) in [4.78, 5) is 11.1. The van der Waals surface area contributed by atoms with Gasteiger partial charge in [0.25, 0.3) is 0 Å². The van der Waals surface area contributed by atoms with Gasteiger partial charge in [0.2, 0.25) is 0 Å². The lowest BCUT2D eigenvalue weighted by Gasteiger charge is -2.26. The molecule has 5 heteroatoms. The zero-order valence-corrected chi connectivity index (χ0v) is 19.0. The number of carboxylic acid groups (broad SMARTS) is 1. The number of benzene rings is 2. The molecule has 1 aliphatic heterocycles. The number of hydrogen-bond donors (Lipinski definition) is 1. The second-order valence-corrected chi connectivity index (χ2v) is 8.48. The number of carbonyl (C=O) groups is 1. The van der Waals surface area contributed by atoms with Crippen LogP contribution in [-0.4, -0.2) is 30.6 Å². The molecule has 4 rings (SSSR count). The minimum absolute atomic E-state index is 0.00879. The summed E-state index contributed by atoms with van der Waals surface area (Å²) in [6.07, 6.45) is 5.36. The van der Waals surface area contributed by atoms with Gasteiger partial charge in [0.05, 0.1) is 25.6 Å². The third-order valence-electron chi connectivity index (χ3n) is 6.17. The van der Waals surface area contributed by atoms with Crippen molar-refractivity contribution in [3.8, 4) is 17.6 Å². The predicted molar refractivity (Wildman–Crippen MR) is 127 cm³/mol. The average molecular weight is 447 g/mol. The maximum absolute atomic E-state index is 11.1. The Morgan fingerprint density at radius 1 is 1.18 bits per heavy atom. The summed E-state index contributed by atoms with van der Waals surface area (Å²) < 4.78 is 17.3. The largest absolute Gasteiger partial charge is 0.489 e. The SMILES string of the molecule is CC#C[C@H](CC(=O)O)c1ccc(OCc2cccc(C3=CCC(C4OCCO4)CC3)c2)cc1. The van der Waals surface area contributed by atoms with Crippen LogP contribution in [0.5, 0.6) is 5.75 Å². The van der Waals surface area contributed by atoms with Crippen molar-refractivity contribution in [2.24, 2.45) is 5.92 Å². The Morgan fingerprint density at radius 3 is 2.64 bits per heavy atom. The molecule has 0 amide bonds. The van der Waals surface area contributed by atoms with E-state index in [4.69, 9.17) is 19.3 Å². The van der Waals surface area contributed by atoms with E-state index in [2.05, 4.69) is 42.2 Å². The average Bonchev–Trinajstić information content (AvgIpc) is 3.38. The van der Waals surface area contributed by atoms with Crippen LogP contribution in [0, 0.1) is 17.8 Å². The molecular weight excluding hydrogens is 416 g/mol. The summed E-state index contributed by atoms with van der Waals surface area (Å²) in [6, 6.07) is 16.0. The number of carboxylic acids is 1. The maximum atomic E-state index is 11.1. The van der Waals surface area contributed by atoms with Crippen molar-refractivity contribution < 1.29 is 24.1 Å². The molecule has 1 fully saturated rings. The second kappa shape index (κ2) is 11.2. The molecule has 1 N–H and O–H groups in total. The molecule has 2 atom stereocenters. The Hall–Kier alpha value is -3.07. The van der Waals surface area contributed by atoms with Crippen molar-refractivity contribution in [1.82, 2.24) is 0 Å². The predicted octanol–water partition coefficient (Wildman–Crippen LogP) is 5.40. The van der Waals surface area contributed by atoms with Gasteiger partial charge in [-0.1, -0.05) is 42.3 Å². The zero-order chi connectivity index (χ0) is 23.0. The highest BCUT2D eigenvalue weighted by Gasteiger charge is 2.28. The molecule has 0 spiro atoms. The Bertz CT molecular complexity index is 1040. The summed E-state index contributed by atoms with van der Waals surface area (Å²) in [6.45, 7) is 3.61. The van der Waals surface area contributed by atoms with Gasteiger partial charge in [-0.2, -0.15) is 0 Å². The number of aliphatic carboxylic acids is 1. The first kappa shape index (κ1) is 23.1. The van der Waals surface area contributed by atoms with Gasteiger partial charge in [0, 0.05) is 5.92 Å². The lowest BCUT2D eigenvalue weighted by Crippen LogP contribution is -2.23. The van der Waals surface area contributed by atoms with Gasteiger partial charge in [-0.25, -0.2) is 0 Å². The van der Waals surface area contributed by atoms with Crippen LogP contribution in [0.2, 0.25) is 0 Å². The summed E-state index contributed by atoms with van der Waals surface area (Å²) in [5.41, 5.74) is 4.62. The van der Waals surface area contributed by atoms with E-state index in [0.717, 1.165) is 36.1 Å². The van der Waals surface area contributed by atoms with Crippen molar-refractivity contribution >= 4 is 11.5 Å². The van der Waals surface area contributed by atoms with Gasteiger partial charge in [-0.15, -0.1) is 5.92 Å². The highest BCUT2D eigenvalue weighted by molar-refractivity contribution is 5.69.